The van der Waals surface area contributed by atoms with Gasteiger partial charge < -0.3 is 19.8 Å². The van der Waals surface area contributed by atoms with Crippen molar-refractivity contribution in [3.05, 3.63) is 45.0 Å². The number of ether oxygens (including phenoxy) is 1. The Hall–Kier alpha value is -2.81. The number of carbonyl (C=O) groups excluding carboxylic acids is 1. The molecule has 0 amide bonds. The van der Waals surface area contributed by atoms with Gasteiger partial charge in [0.25, 0.3) is 5.09 Å². The van der Waals surface area contributed by atoms with Gasteiger partial charge in [-0.3, -0.25) is 9.69 Å². The maximum Gasteiger partial charge on any atom is 0.315 e. The molecule has 1 aliphatic rings. The van der Waals surface area contributed by atoms with Crippen LogP contribution in [0.15, 0.2) is 23.8 Å². The van der Waals surface area contributed by atoms with Gasteiger partial charge in [-0.05, 0) is 65.5 Å². The number of phenolic OH excluding ortho intramolecular Hbond substituents is 2. The number of hydrogen-bond donors (Lipinski definition) is 2. The van der Waals surface area contributed by atoms with Crippen molar-refractivity contribution in [3.63, 3.8) is 0 Å². The van der Waals surface area contributed by atoms with Gasteiger partial charge >= 0.3 is 5.97 Å². The molecule has 178 valence electrons. The molecule has 2 N–H and O–H groups in total. The van der Waals surface area contributed by atoms with Gasteiger partial charge in [0.05, 0.1) is 24.7 Å². The molecule has 1 unspecified atom stereocenters. The zero-order valence-electron chi connectivity index (χ0n) is 19.5. The van der Waals surface area contributed by atoms with Gasteiger partial charge in [0.2, 0.25) is 0 Å². The number of aromatic hydroxyl groups is 2. The molecule has 0 aliphatic carbocycles. The van der Waals surface area contributed by atoms with Crippen LogP contribution in [0.2, 0.25) is 0 Å². The Morgan fingerprint density at radius 2 is 1.94 bits per heavy atom. The number of unbranched alkanes of at least 4 members (excludes halogenated alkanes) is 1. The Kier molecular flexibility index (Phi) is 8.49. The van der Waals surface area contributed by atoms with Gasteiger partial charge in [-0.2, -0.15) is 0 Å². The fraction of sp³-hybridized carbons (Fsp3) is 0.609. The second kappa shape index (κ2) is 10.7. The number of carbonyl (C=O) groups is 1. The van der Waals surface area contributed by atoms with Gasteiger partial charge in [-0.1, -0.05) is 11.6 Å². The van der Waals surface area contributed by atoms with Crippen molar-refractivity contribution >= 4 is 5.97 Å². The van der Waals surface area contributed by atoms with Crippen molar-refractivity contribution in [2.45, 2.75) is 71.4 Å². The molecule has 9 heteroatoms. The van der Waals surface area contributed by atoms with Crippen LogP contribution in [-0.2, 0) is 19.8 Å². The summed E-state index contributed by atoms with van der Waals surface area (Å²) in [5.74, 6) is -0.711. The van der Waals surface area contributed by atoms with E-state index in [0.29, 0.717) is 24.0 Å². The number of phenols is 2. The minimum Gasteiger partial charge on any atom is -0.508 e. The summed E-state index contributed by atoms with van der Waals surface area (Å²) in [7, 11) is 0. The average Bonchev–Trinajstić information content (AvgIpc) is 2.69. The van der Waals surface area contributed by atoms with Crippen molar-refractivity contribution in [1.82, 2.24) is 4.90 Å². The Balaban J connectivity index is 2.30. The maximum atomic E-state index is 13.0. The molecule has 9 nitrogen and oxygen atoms in total. The first-order valence-electron chi connectivity index (χ1n) is 10.9. The maximum absolute atomic E-state index is 13.0. The second-order valence-corrected chi connectivity index (χ2v) is 8.99. The van der Waals surface area contributed by atoms with Crippen molar-refractivity contribution in [1.29, 1.82) is 0 Å². The predicted molar refractivity (Wildman–Crippen MR) is 119 cm³/mol. The van der Waals surface area contributed by atoms with E-state index in [2.05, 4.69) is 29.7 Å². The van der Waals surface area contributed by atoms with Crippen LogP contribution in [0.3, 0.4) is 0 Å². The van der Waals surface area contributed by atoms with E-state index in [1.165, 1.54) is 17.7 Å². The summed E-state index contributed by atoms with van der Waals surface area (Å²) in [5, 5.41) is 30.4. The highest BCUT2D eigenvalue weighted by molar-refractivity contribution is 5.83. The van der Waals surface area contributed by atoms with Gasteiger partial charge in [0.1, 0.15) is 11.5 Å². The van der Waals surface area contributed by atoms with E-state index in [-0.39, 0.29) is 36.8 Å². The molecular weight excluding hydrogens is 416 g/mol. The Bertz CT molecular complexity index is 864. The van der Waals surface area contributed by atoms with Crippen molar-refractivity contribution in [2.75, 3.05) is 19.8 Å². The number of hydrogen-bond acceptors (Lipinski definition) is 8. The lowest BCUT2D eigenvalue weighted by Crippen LogP contribution is -2.40. The van der Waals surface area contributed by atoms with Crippen molar-refractivity contribution in [3.8, 4) is 11.5 Å². The first-order chi connectivity index (χ1) is 14.9. The number of nitrogens with zero attached hydrogens (tertiary/aromatic N) is 2. The fourth-order valence-electron chi connectivity index (χ4n) is 3.97. The molecule has 0 saturated heterocycles. The molecule has 0 bridgehead atoms. The number of esters is 1. The highest BCUT2D eigenvalue weighted by atomic mass is 16.9. The van der Waals surface area contributed by atoms with Crippen LogP contribution in [0, 0.1) is 10.1 Å². The quantitative estimate of drug-likeness (QED) is 0.180. The summed E-state index contributed by atoms with van der Waals surface area (Å²) < 4.78 is 5.43. The van der Waals surface area contributed by atoms with Crippen LogP contribution in [0.5, 0.6) is 11.5 Å². The van der Waals surface area contributed by atoms with E-state index in [0.717, 1.165) is 13.0 Å². The fourth-order valence-corrected chi connectivity index (χ4v) is 3.97. The Morgan fingerprint density at radius 1 is 1.28 bits per heavy atom. The van der Waals surface area contributed by atoms with E-state index in [1.807, 2.05) is 6.92 Å². The third-order valence-electron chi connectivity index (χ3n) is 5.82. The molecule has 1 aliphatic heterocycles. The minimum absolute atomic E-state index is 0.0586. The lowest BCUT2D eigenvalue weighted by Gasteiger charge is -2.39. The smallest absolute Gasteiger partial charge is 0.315 e. The van der Waals surface area contributed by atoms with Gasteiger partial charge in [0, 0.05) is 24.2 Å². The van der Waals surface area contributed by atoms with Crippen LogP contribution in [-0.4, -0.2) is 52.0 Å². The third kappa shape index (κ3) is 6.12. The topological polar surface area (TPSA) is 122 Å². The van der Waals surface area contributed by atoms with Gasteiger partial charge in [-0.15, -0.1) is 10.1 Å². The van der Waals surface area contributed by atoms with Crippen LogP contribution in [0.25, 0.3) is 0 Å². The molecule has 2 rings (SSSR count). The third-order valence-corrected chi connectivity index (χ3v) is 5.82. The molecule has 1 atom stereocenters. The van der Waals surface area contributed by atoms with Crippen LogP contribution in [0.4, 0.5) is 0 Å². The van der Waals surface area contributed by atoms with Crippen molar-refractivity contribution in [2.24, 2.45) is 0 Å². The van der Waals surface area contributed by atoms with Crippen molar-refractivity contribution < 1.29 is 29.7 Å². The molecule has 0 radical (unpaired) electrons. The zero-order valence-corrected chi connectivity index (χ0v) is 19.5. The lowest BCUT2D eigenvalue weighted by molar-refractivity contribution is -0.757. The summed E-state index contributed by atoms with van der Waals surface area (Å²) in [6.07, 6.45) is 3.81. The molecule has 0 aromatic heterocycles. The Morgan fingerprint density at radius 3 is 2.56 bits per heavy atom. The highest BCUT2D eigenvalue weighted by Crippen LogP contribution is 2.44. The molecule has 0 fully saturated rings. The average molecular weight is 451 g/mol. The first kappa shape index (κ1) is 25.5. The molecular formula is C23H34N2O7. The van der Waals surface area contributed by atoms with E-state index in [9.17, 15) is 25.1 Å². The molecule has 0 spiro atoms. The standard InChI is InChI=1S/C23H34N2O7/c1-15(2)24-9-8-16(3)12-19(24)21-18(13-17(26)14-20(21)27)23(4,5)22(28)31-10-6-7-11-32-25(29)30/h12-15,19,26-27H,6-11H2,1-5H3. The lowest BCUT2D eigenvalue weighted by atomic mass is 9.78. The summed E-state index contributed by atoms with van der Waals surface area (Å²) >= 11 is 0. The summed E-state index contributed by atoms with van der Waals surface area (Å²) in [6.45, 7) is 10.5. The first-order valence-corrected chi connectivity index (χ1v) is 10.9. The number of rotatable bonds is 10. The number of benzene rings is 1. The van der Waals surface area contributed by atoms with Crippen LogP contribution >= 0.6 is 0 Å². The highest BCUT2D eigenvalue weighted by Gasteiger charge is 2.39. The molecule has 1 aromatic rings. The molecule has 0 saturated carbocycles. The minimum atomic E-state index is -1.15. The monoisotopic (exact) mass is 450 g/mol. The molecule has 1 heterocycles. The van der Waals surface area contributed by atoms with E-state index >= 15 is 0 Å². The molecule has 32 heavy (non-hydrogen) atoms. The normalized spacial score (nSPS) is 17.2. The van der Waals surface area contributed by atoms with E-state index in [4.69, 9.17) is 4.74 Å². The second-order valence-electron chi connectivity index (χ2n) is 8.99. The van der Waals surface area contributed by atoms with E-state index in [1.54, 1.807) is 13.8 Å². The summed E-state index contributed by atoms with van der Waals surface area (Å²) in [5.41, 5.74) is 1.13. The van der Waals surface area contributed by atoms with Gasteiger partial charge in [0.15, 0.2) is 0 Å². The summed E-state index contributed by atoms with van der Waals surface area (Å²) in [6, 6.07) is 2.77. The largest absolute Gasteiger partial charge is 0.508 e. The SMILES string of the molecule is CC1=CC(c2c(O)cc(O)cc2C(C)(C)C(=O)OCCCCO[N+](=O)[O-])N(C(C)C)CC1. The van der Waals surface area contributed by atoms with E-state index < -0.39 is 16.5 Å². The Labute approximate surface area is 188 Å². The van der Waals surface area contributed by atoms with Gasteiger partial charge in [-0.25, -0.2) is 0 Å². The summed E-state index contributed by atoms with van der Waals surface area (Å²) in [4.78, 5) is 29.7. The predicted octanol–water partition coefficient (Wildman–Crippen LogP) is 4.01. The van der Waals surface area contributed by atoms with Crippen LogP contribution < -0.4 is 0 Å². The van der Waals surface area contributed by atoms with Crippen LogP contribution in [0.1, 0.15) is 71.0 Å². The molecule has 1 aromatic carbocycles. The zero-order chi connectivity index (χ0) is 24.1.